The second kappa shape index (κ2) is 6.15. The summed E-state index contributed by atoms with van der Waals surface area (Å²) in [4.78, 5) is 2.42. The smallest absolute Gasteiger partial charge is 0.0674 e. The molecule has 0 aromatic heterocycles. The van der Waals surface area contributed by atoms with E-state index in [1.54, 1.807) is 0 Å². The molecule has 1 fully saturated rings. The van der Waals surface area contributed by atoms with Gasteiger partial charge in [-0.25, -0.2) is 0 Å². The minimum absolute atomic E-state index is 0.230. The van der Waals surface area contributed by atoms with Gasteiger partial charge in [-0.3, -0.25) is 4.90 Å². The Bertz CT molecular complexity index is 328. The van der Waals surface area contributed by atoms with E-state index in [-0.39, 0.29) is 12.7 Å². The van der Waals surface area contributed by atoms with Crippen molar-refractivity contribution >= 4 is 0 Å². The Morgan fingerprint density at radius 2 is 2.12 bits per heavy atom. The van der Waals surface area contributed by atoms with Gasteiger partial charge in [0.05, 0.1) is 12.7 Å². The number of ether oxygens (including phenoxy) is 1. The van der Waals surface area contributed by atoms with Crippen molar-refractivity contribution in [1.82, 2.24) is 4.90 Å². The van der Waals surface area contributed by atoms with Crippen LogP contribution in [0.15, 0.2) is 30.3 Å². The topological polar surface area (TPSA) is 32.7 Å². The van der Waals surface area contributed by atoms with Gasteiger partial charge in [-0.1, -0.05) is 30.3 Å². The Morgan fingerprint density at radius 1 is 1.35 bits per heavy atom. The third-order valence-electron chi connectivity index (χ3n) is 3.27. The highest BCUT2D eigenvalue weighted by molar-refractivity contribution is 5.14. The van der Waals surface area contributed by atoms with Crippen LogP contribution in [0.2, 0.25) is 0 Å². The highest BCUT2D eigenvalue weighted by Gasteiger charge is 2.26. The summed E-state index contributed by atoms with van der Waals surface area (Å²) < 4.78 is 5.66. The maximum Gasteiger partial charge on any atom is 0.0674 e. The Labute approximate surface area is 103 Å². The first kappa shape index (κ1) is 12.6. The molecule has 3 heteroatoms. The Hall–Kier alpha value is -0.900. The third-order valence-corrected chi connectivity index (χ3v) is 3.27. The van der Waals surface area contributed by atoms with Gasteiger partial charge >= 0.3 is 0 Å². The fraction of sp³-hybridized carbons (Fsp3) is 0.571. The van der Waals surface area contributed by atoms with Gasteiger partial charge in [0.1, 0.15) is 0 Å². The fourth-order valence-corrected chi connectivity index (χ4v) is 2.34. The molecule has 0 amide bonds. The van der Waals surface area contributed by atoms with Crippen molar-refractivity contribution in [2.75, 3.05) is 19.8 Å². The van der Waals surface area contributed by atoms with E-state index in [4.69, 9.17) is 9.84 Å². The number of benzene rings is 1. The molecule has 1 aliphatic heterocycles. The predicted molar refractivity (Wildman–Crippen MR) is 67.8 cm³/mol. The lowest BCUT2D eigenvalue weighted by molar-refractivity contribution is -0.0638. The molecule has 0 aliphatic carbocycles. The molecule has 0 bridgehead atoms. The number of rotatable bonds is 4. The molecular weight excluding hydrogens is 214 g/mol. The zero-order valence-corrected chi connectivity index (χ0v) is 10.4. The van der Waals surface area contributed by atoms with Crippen molar-refractivity contribution in [3.8, 4) is 0 Å². The maximum atomic E-state index is 9.09. The van der Waals surface area contributed by atoms with Gasteiger partial charge in [0.25, 0.3) is 0 Å². The quantitative estimate of drug-likeness (QED) is 0.861. The van der Waals surface area contributed by atoms with E-state index >= 15 is 0 Å². The highest BCUT2D eigenvalue weighted by atomic mass is 16.5. The fourth-order valence-electron chi connectivity index (χ4n) is 2.34. The van der Waals surface area contributed by atoms with Crippen LogP contribution in [-0.4, -0.2) is 41.9 Å². The first-order chi connectivity index (χ1) is 8.29. The summed E-state index contributed by atoms with van der Waals surface area (Å²) in [5.74, 6) is 0. The van der Waals surface area contributed by atoms with Gasteiger partial charge in [-0.05, 0) is 18.9 Å². The van der Waals surface area contributed by atoms with Crippen LogP contribution in [0.1, 0.15) is 18.9 Å². The molecule has 0 saturated carbocycles. The minimum atomic E-state index is 0.230. The maximum absolute atomic E-state index is 9.09. The Kier molecular flexibility index (Phi) is 4.54. The van der Waals surface area contributed by atoms with Crippen molar-refractivity contribution in [3.63, 3.8) is 0 Å². The molecule has 1 saturated heterocycles. The molecule has 0 spiro atoms. The van der Waals surface area contributed by atoms with Crippen LogP contribution in [0, 0.1) is 0 Å². The number of hydrogen-bond acceptors (Lipinski definition) is 3. The summed E-state index contributed by atoms with van der Waals surface area (Å²) in [6.07, 6.45) is 1.08. The van der Waals surface area contributed by atoms with E-state index in [9.17, 15) is 0 Å². The van der Waals surface area contributed by atoms with Crippen LogP contribution in [0.3, 0.4) is 0 Å². The molecule has 17 heavy (non-hydrogen) atoms. The summed E-state index contributed by atoms with van der Waals surface area (Å²) in [6, 6.07) is 10.8. The Morgan fingerprint density at radius 3 is 2.82 bits per heavy atom. The lowest BCUT2D eigenvalue weighted by Crippen LogP contribution is -2.48. The highest BCUT2D eigenvalue weighted by Crippen LogP contribution is 2.17. The number of aliphatic hydroxyl groups excluding tert-OH is 1. The molecule has 1 aliphatic rings. The van der Waals surface area contributed by atoms with Crippen LogP contribution >= 0.6 is 0 Å². The second-order valence-electron chi connectivity index (χ2n) is 4.73. The van der Waals surface area contributed by atoms with E-state index in [1.807, 2.05) is 6.07 Å². The molecule has 0 radical (unpaired) electrons. The molecule has 3 nitrogen and oxygen atoms in total. The molecule has 1 heterocycles. The molecule has 1 aromatic rings. The van der Waals surface area contributed by atoms with Crippen LogP contribution in [0.5, 0.6) is 0 Å². The number of morpholine rings is 1. The average Bonchev–Trinajstić information content (AvgIpc) is 2.34. The number of hydrogen-bond donors (Lipinski definition) is 1. The van der Waals surface area contributed by atoms with E-state index in [0.717, 1.165) is 26.1 Å². The molecule has 0 unspecified atom stereocenters. The van der Waals surface area contributed by atoms with E-state index in [1.165, 1.54) is 5.56 Å². The van der Waals surface area contributed by atoms with Gasteiger partial charge in [0.15, 0.2) is 0 Å². The summed E-state index contributed by atoms with van der Waals surface area (Å²) >= 11 is 0. The molecule has 2 rings (SSSR count). The van der Waals surface area contributed by atoms with Gasteiger partial charge in [-0.15, -0.1) is 0 Å². The van der Waals surface area contributed by atoms with Gasteiger partial charge in [0, 0.05) is 25.7 Å². The van der Waals surface area contributed by atoms with Crippen LogP contribution in [0.4, 0.5) is 0 Å². The van der Waals surface area contributed by atoms with Gasteiger partial charge < -0.3 is 9.84 Å². The van der Waals surface area contributed by atoms with E-state index in [0.29, 0.717) is 6.04 Å². The summed E-state index contributed by atoms with van der Waals surface area (Å²) in [7, 11) is 0. The van der Waals surface area contributed by atoms with Crippen LogP contribution in [-0.2, 0) is 11.3 Å². The molecule has 2 atom stereocenters. The van der Waals surface area contributed by atoms with Gasteiger partial charge in [0.2, 0.25) is 0 Å². The van der Waals surface area contributed by atoms with Crippen LogP contribution in [0.25, 0.3) is 0 Å². The van der Waals surface area contributed by atoms with Gasteiger partial charge in [-0.2, -0.15) is 0 Å². The lowest BCUT2D eigenvalue weighted by atomic mass is 10.1. The SMILES string of the molecule is C[C@H]1CN(Cc2ccccc2)[C@@H](CCO)CO1. The number of nitrogens with zero attached hydrogens (tertiary/aromatic N) is 1. The molecule has 1 N–H and O–H groups in total. The third kappa shape index (κ3) is 3.53. The van der Waals surface area contributed by atoms with Crippen LogP contribution < -0.4 is 0 Å². The monoisotopic (exact) mass is 235 g/mol. The van der Waals surface area contributed by atoms with E-state index in [2.05, 4.69) is 36.1 Å². The zero-order chi connectivity index (χ0) is 12.1. The normalized spacial score (nSPS) is 26.0. The second-order valence-corrected chi connectivity index (χ2v) is 4.73. The largest absolute Gasteiger partial charge is 0.396 e. The molecule has 1 aromatic carbocycles. The first-order valence-electron chi connectivity index (χ1n) is 6.30. The van der Waals surface area contributed by atoms with E-state index < -0.39 is 0 Å². The average molecular weight is 235 g/mol. The molecule has 94 valence electrons. The summed E-state index contributed by atoms with van der Waals surface area (Å²) in [5.41, 5.74) is 1.32. The number of aliphatic hydroxyl groups is 1. The Balaban J connectivity index is 1.99. The zero-order valence-electron chi connectivity index (χ0n) is 10.4. The van der Waals surface area contributed by atoms with Crippen molar-refractivity contribution in [2.24, 2.45) is 0 Å². The summed E-state index contributed by atoms with van der Waals surface area (Å²) in [6.45, 7) is 4.95. The minimum Gasteiger partial charge on any atom is -0.396 e. The van der Waals surface area contributed by atoms with Crippen molar-refractivity contribution < 1.29 is 9.84 Å². The summed E-state index contributed by atoms with van der Waals surface area (Å²) in [5, 5.41) is 9.09. The van der Waals surface area contributed by atoms with Crippen molar-refractivity contribution in [2.45, 2.75) is 32.0 Å². The van der Waals surface area contributed by atoms with Crippen molar-refractivity contribution in [3.05, 3.63) is 35.9 Å². The lowest BCUT2D eigenvalue weighted by Gasteiger charge is -2.38. The molecular formula is C14H21NO2. The predicted octanol–water partition coefficient (Wildman–Crippen LogP) is 1.66. The standard InChI is InChI=1S/C14H21NO2/c1-12-9-15(14(7-8-16)11-17-12)10-13-5-3-2-4-6-13/h2-6,12,14,16H,7-11H2,1H3/t12-,14-/m0/s1. The first-order valence-corrected chi connectivity index (χ1v) is 6.30. The van der Waals surface area contributed by atoms with Crippen molar-refractivity contribution in [1.29, 1.82) is 0 Å².